The van der Waals surface area contributed by atoms with Gasteiger partial charge in [0.1, 0.15) is 11.4 Å². The summed E-state index contributed by atoms with van der Waals surface area (Å²) in [6.45, 7) is 1.51. The Hall–Kier alpha value is -3.95. The molecule has 168 valence electrons. The minimum absolute atomic E-state index is 0.0140. The van der Waals surface area contributed by atoms with Gasteiger partial charge in [-0.15, -0.1) is 0 Å². The van der Waals surface area contributed by atoms with Gasteiger partial charge in [0.15, 0.2) is 6.61 Å². The molecule has 0 unspecified atom stereocenters. The topological polar surface area (TPSA) is 128 Å². The number of esters is 1. The number of hydrogen-bond acceptors (Lipinski definition) is 7. The van der Waals surface area contributed by atoms with Crippen molar-refractivity contribution in [3.05, 3.63) is 58.1 Å². The van der Waals surface area contributed by atoms with Gasteiger partial charge in [-0.2, -0.15) is 0 Å². The van der Waals surface area contributed by atoms with Crippen LogP contribution in [0.2, 0.25) is 0 Å². The lowest BCUT2D eigenvalue weighted by molar-refractivity contribution is -0.383. The molecule has 0 aromatic heterocycles. The Bertz CT molecular complexity index is 1050. The number of hydrogen-bond donors (Lipinski definition) is 1. The molecule has 2 aromatic rings. The first-order valence-electron chi connectivity index (χ1n) is 10.0. The highest BCUT2D eigenvalue weighted by atomic mass is 16.6. The van der Waals surface area contributed by atoms with Crippen LogP contribution in [0.15, 0.2) is 42.5 Å². The average Bonchev–Trinajstić information content (AvgIpc) is 3.18. The fourth-order valence-corrected chi connectivity index (χ4v) is 3.51. The van der Waals surface area contributed by atoms with E-state index in [9.17, 15) is 24.5 Å². The van der Waals surface area contributed by atoms with Crippen molar-refractivity contribution in [2.24, 2.45) is 5.92 Å². The Balaban J connectivity index is 1.60. The molecular weight excluding hydrogens is 418 g/mol. The molecule has 0 radical (unpaired) electrons. The zero-order valence-electron chi connectivity index (χ0n) is 17.7. The molecule has 0 spiro atoms. The summed E-state index contributed by atoms with van der Waals surface area (Å²) in [6, 6.07) is 11.4. The highest BCUT2D eigenvalue weighted by Crippen LogP contribution is 2.30. The molecule has 10 heteroatoms. The molecular formula is C22H23N3O7. The Morgan fingerprint density at radius 2 is 2.00 bits per heavy atom. The van der Waals surface area contributed by atoms with Gasteiger partial charge in [-0.3, -0.25) is 24.5 Å². The molecule has 1 aliphatic rings. The molecule has 1 fully saturated rings. The van der Waals surface area contributed by atoms with Crippen molar-refractivity contribution in [1.29, 1.82) is 0 Å². The molecule has 32 heavy (non-hydrogen) atoms. The first-order valence-corrected chi connectivity index (χ1v) is 10.0. The highest BCUT2D eigenvalue weighted by Gasteiger charge is 2.37. The van der Waals surface area contributed by atoms with Crippen molar-refractivity contribution in [2.75, 3.05) is 30.5 Å². The van der Waals surface area contributed by atoms with Gasteiger partial charge < -0.3 is 19.7 Å². The van der Waals surface area contributed by atoms with Gasteiger partial charge in [-0.25, -0.2) is 0 Å². The standard InChI is InChI=1S/C22H23N3O7/c1-3-14-6-4-5-7-18(14)24-12-15(10-21(24)27)22(28)32-13-20(26)23-17-11-16(31-2)8-9-19(17)25(29)30/h4-9,11,15H,3,10,12-13H2,1-2H3,(H,23,26)/t15-/m1/s1. The van der Waals surface area contributed by atoms with E-state index in [1.54, 1.807) is 4.90 Å². The highest BCUT2D eigenvalue weighted by molar-refractivity contribution is 6.00. The largest absolute Gasteiger partial charge is 0.497 e. The van der Waals surface area contributed by atoms with Gasteiger partial charge in [-0.05, 0) is 24.1 Å². The summed E-state index contributed by atoms with van der Waals surface area (Å²) < 4.78 is 10.1. The number of methoxy groups -OCH3 is 1. The second-order valence-electron chi connectivity index (χ2n) is 7.18. The summed E-state index contributed by atoms with van der Waals surface area (Å²) in [5.41, 5.74) is 1.36. The normalized spacial score (nSPS) is 15.4. The maximum absolute atomic E-state index is 12.5. The Morgan fingerprint density at radius 1 is 1.25 bits per heavy atom. The third-order valence-corrected chi connectivity index (χ3v) is 5.14. The monoisotopic (exact) mass is 441 g/mol. The SMILES string of the molecule is CCc1ccccc1N1C[C@H](C(=O)OCC(=O)Nc2cc(OC)ccc2[N+](=O)[O-])CC1=O. The van der Waals surface area contributed by atoms with Crippen molar-refractivity contribution in [3.8, 4) is 5.75 Å². The third-order valence-electron chi connectivity index (χ3n) is 5.14. The molecule has 0 bridgehead atoms. The van der Waals surface area contributed by atoms with Gasteiger partial charge >= 0.3 is 5.97 Å². The van der Waals surface area contributed by atoms with E-state index in [-0.39, 0.29) is 30.2 Å². The summed E-state index contributed by atoms with van der Waals surface area (Å²) in [5.74, 6) is -1.99. The number of para-hydroxylation sites is 1. The van der Waals surface area contributed by atoms with Crippen LogP contribution in [0.5, 0.6) is 5.75 Å². The van der Waals surface area contributed by atoms with Gasteiger partial charge in [0.2, 0.25) is 5.91 Å². The van der Waals surface area contributed by atoms with E-state index in [4.69, 9.17) is 9.47 Å². The van der Waals surface area contributed by atoms with Crippen LogP contribution in [0.3, 0.4) is 0 Å². The van der Waals surface area contributed by atoms with E-state index in [0.717, 1.165) is 17.7 Å². The number of anilines is 2. The van der Waals surface area contributed by atoms with Gasteiger partial charge in [-0.1, -0.05) is 25.1 Å². The molecule has 10 nitrogen and oxygen atoms in total. The van der Waals surface area contributed by atoms with E-state index in [1.807, 2.05) is 31.2 Å². The Kier molecular flexibility index (Phi) is 7.04. The van der Waals surface area contributed by atoms with E-state index in [0.29, 0.717) is 5.75 Å². The maximum atomic E-state index is 12.5. The van der Waals surface area contributed by atoms with E-state index in [1.165, 1.54) is 25.3 Å². The summed E-state index contributed by atoms with van der Waals surface area (Å²) in [4.78, 5) is 49.2. The van der Waals surface area contributed by atoms with Crippen LogP contribution in [0.1, 0.15) is 18.9 Å². The lowest BCUT2D eigenvalue weighted by Gasteiger charge is -2.19. The lowest BCUT2D eigenvalue weighted by atomic mass is 10.1. The number of ether oxygens (including phenoxy) is 2. The molecule has 2 aromatic carbocycles. The molecule has 0 saturated carbocycles. The average molecular weight is 441 g/mol. The fraction of sp³-hybridized carbons (Fsp3) is 0.318. The molecule has 1 atom stereocenters. The summed E-state index contributed by atoms with van der Waals surface area (Å²) >= 11 is 0. The van der Waals surface area contributed by atoms with Crippen molar-refractivity contribution >= 4 is 34.8 Å². The van der Waals surface area contributed by atoms with Gasteiger partial charge in [0.25, 0.3) is 11.6 Å². The molecule has 0 aliphatic carbocycles. The number of nitrogens with one attached hydrogen (secondary N) is 1. The zero-order chi connectivity index (χ0) is 23.3. The second-order valence-corrected chi connectivity index (χ2v) is 7.18. The number of benzene rings is 2. The van der Waals surface area contributed by atoms with E-state index in [2.05, 4.69) is 5.32 Å². The fourth-order valence-electron chi connectivity index (χ4n) is 3.51. The maximum Gasteiger partial charge on any atom is 0.311 e. The first kappa shape index (κ1) is 22.7. The number of rotatable bonds is 8. The van der Waals surface area contributed by atoms with Crippen LogP contribution in [-0.4, -0.2) is 43.0 Å². The van der Waals surface area contributed by atoms with Crippen LogP contribution in [0, 0.1) is 16.0 Å². The van der Waals surface area contributed by atoms with Crippen LogP contribution in [0.25, 0.3) is 0 Å². The third kappa shape index (κ3) is 5.02. The van der Waals surface area contributed by atoms with Gasteiger partial charge in [0, 0.05) is 30.8 Å². The van der Waals surface area contributed by atoms with Crippen LogP contribution in [-0.2, 0) is 25.5 Å². The molecule has 1 N–H and O–H groups in total. The Morgan fingerprint density at radius 3 is 2.69 bits per heavy atom. The summed E-state index contributed by atoms with van der Waals surface area (Å²) in [5, 5.41) is 13.5. The minimum atomic E-state index is -0.743. The van der Waals surface area contributed by atoms with Crippen LogP contribution >= 0.6 is 0 Å². The summed E-state index contributed by atoms with van der Waals surface area (Å²) in [6.07, 6.45) is 0.728. The van der Waals surface area contributed by atoms with Gasteiger partial charge in [0.05, 0.1) is 18.0 Å². The predicted octanol–water partition coefficient (Wildman–Crippen LogP) is 2.70. The Labute approximate surface area is 184 Å². The first-order chi connectivity index (χ1) is 15.3. The van der Waals surface area contributed by atoms with E-state index < -0.39 is 29.3 Å². The van der Waals surface area contributed by atoms with Crippen molar-refractivity contribution in [3.63, 3.8) is 0 Å². The molecule has 2 amide bonds. The molecule has 3 rings (SSSR count). The lowest BCUT2D eigenvalue weighted by Crippen LogP contribution is -2.28. The van der Waals surface area contributed by atoms with Crippen molar-refractivity contribution in [1.82, 2.24) is 0 Å². The number of amides is 2. The van der Waals surface area contributed by atoms with Crippen molar-refractivity contribution < 1.29 is 28.8 Å². The van der Waals surface area contributed by atoms with Crippen LogP contribution < -0.4 is 15.0 Å². The predicted molar refractivity (Wildman–Crippen MR) is 116 cm³/mol. The quantitative estimate of drug-likeness (QED) is 0.379. The smallest absolute Gasteiger partial charge is 0.311 e. The number of aryl methyl sites for hydroxylation is 1. The van der Waals surface area contributed by atoms with E-state index >= 15 is 0 Å². The summed E-state index contributed by atoms with van der Waals surface area (Å²) in [7, 11) is 1.39. The number of carbonyl (C=O) groups is 3. The minimum Gasteiger partial charge on any atom is -0.497 e. The van der Waals surface area contributed by atoms with Crippen LogP contribution in [0.4, 0.5) is 17.1 Å². The molecule has 1 heterocycles. The second kappa shape index (κ2) is 9.90. The zero-order valence-corrected chi connectivity index (χ0v) is 17.7. The number of nitro groups is 1. The number of nitro benzene ring substituents is 1. The number of nitrogens with zero attached hydrogens (tertiary/aromatic N) is 2. The molecule has 1 aliphatic heterocycles. The number of carbonyl (C=O) groups excluding carboxylic acids is 3. The van der Waals surface area contributed by atoms with Crippen molar-refractivity contribution in [2.45, 2.75) is 19.8 Å². The molecule has 1 saturated heterocycles.